The topological polar surface area (TPSA) is 68.8 Å². The van der Waals surface area contributed by atoms with E-state index in [1.165, 1.54) is 5.56 Å². The number of nitrogens with one attached hydrogen (secondary N) is 3. The third kappa shape index (κ3) is 8.06. The average molecular weight is 530 g/mol. The summed E-state index contributed by atoms with van der Waals surface area (Å²) in [6, 6.07) is 11.6. The van der Waals surface area contributed by atoms with Crippen LogP contribution in [-0.2, 0) is 4.79 Å². The van der Waals surface area contributed by atoms with Crippen molar-refractivity contribution < 1.29 is 4.79 Å². The largest absolute Gasteiger partial charge is 0.357 e. The van der Waals surface area contributed by atoms with Crippen molar-refractivity contribution in [3.05, 3.63) is 35.9 Å². The Balaban J connectivity index is 0.00000450. The molecule has 1 atom stereocenters. The van der Waals surface area contributed by atoms with Crippen LogP contribution >= 0.6 is 24.0 Å². The van der Waals surface area contributed by atoms with Crippen molar-refractivity contribution in [1.82, 2.24) is 20.9 Å². The van der Waals surface area contributed by atoms with Gasteiger partial charge in [-0.1, -0.05) is 30.3 Å². The first kappa shape index (κ1) is 26.7. The summed E-state index contributed by atoms with van der Waals surface area (Å²) in [5.41, 5.74) is 0.855. The van der Waals surface area contributed by atoms with Crippen molar-refractivity contribution >= 4 is 35.8 Å². The number of likely N-dealkylation sites (tertiary alicyclic amines) is 1. The Bertz CT molecular complexity index is 657. The van der Waals surface area contributed by atoms with Crippen LogP contribution in [0.4, 0.5) is 0 Å². The minimum atomic E-state index is -0.521. The predicted molar refractivity (Wildman–Crippen MR) is 136 cm³/mol. The van der Waals surface area contributed by atoms with Gasteiger partial charge in [0, 0.05) is 38.3 Å². The van der Waals surface area contributed by atoms with Gasteiger partial charge < -0.3 is 16.0 Å². The van der Waals surface area contributed by atoms with Crippen LogP contribution in [0.15, 0.2) is 35.3 Å². The molecule has 1 saturated heterocycles. The van der Waals surface area contributed by atoms with E-state index in [2.05, 4.69) is 65.0 Å². The van der Waals surface area contributed by atoms with Crippen LogP contribution < -0.4 is 16.0 Å². The Morgan fingerprint density at radius 2 is 1.73 bits per heavy atom. The Morgan fingerprint density at radius 1 is 1.13 bits per heavy atom. The number of carbonyl (C=O) groups is 1. The van der Waals surface area contributed by atoms with Crippen molar-refractivity contribution in [3.63, 3.8) is 0 Å². The van der Waals surface area contributed by atoms with E-state index in [4.69, 9.17) is 4.99 Å². The molecule has 1 aromatic rings. The molecular weight excluding hydrogens is 489 g/mol. The molecule has 0 radical (unpaired) electrons. The van der Waals surface area contributed by atoms with Gasteiger partial charge in [-0.25, -0.2) is 0 Å². The summed E-state index contributed by atoms with van der Waals surface area (Å²) in [6.07, 6.45) is 2.17. The minimum Gasteiger partial charge on any atom is -0.357 e. The van der Waals surface area contributed by atoms with Gasteiger partial charge in [-0.3, -0.25) is 14.7 Å². The summed E-state index contributed by atoms with van der Waals surface area (Å²) >= 11 is 0. The van der Waals surface area contributed by atoms with Gasteiger partial charge in [0.1, 0.15) is 0 Å². The molecule has 30 heavy (non-hydrogen) atoms. The smallest absolute Gasteiger partial charge is 0.227 e. The molecule has 1 heterocycles. The zero-order valence-corrected chi connectivity index (χ0v) is 21.5. The maximum atomic E-state index is 12.2. The number of amides is 1. The fourth-order valence-electron chi connectivity index (χ4n) is 3.64. The minimum absolute atomic E-state index is 0. The van der Waals surface area contributed by atoms with E-state index in [0.717, 1.165) is 38.4 Å². The number of hydrogen-bond donors (Lipinski definition) is 3. The maximum absolute atomic E-state index is 12.2. The average Bonchev–Trinajstić information content (AvgIpc) is 2.73. The zero-order valence-electron chi connectivity index (χ0n) is 19.2. The van der Waals surface area contributed by atoms with Gasteiger partial charge in [0.25, 0.3) is 0 Å². The number of hydrogen-bond acceptors (Lipinski definition) is 3. The lowest BCUT2D eigenvalue weighted by atomic mass is 9.92. The SMILES string of the molecule is CCNC(=O)C(C)(C)CN=C(NCC)NC1CCN(C(C)c2ccccc2)CC1.I. The van der Waals surface area contributed by atoms with Gasteiger partial charge in [0.15, 0.2) is 5.96 Å². The quantitative estimate of drug-likeness (QED) is 0.274. The lowest BCUT2D eigenvalue weighted by molar-refractivity contribution is -0.128. The molecule has 7 heteroatoms. The number of piperidine rings is 1. The number of aliphatic imine (C=N–C) groups is 1. The second-order valence-electron chi connectivity index (χ2n) is 8.48. The van der Waals surface area contributed by atoms with Crippen LogP contribution in [-0.4, -0.2) is 55.5 Å². The molecule has 1 aliphatic heterocycles. The van der Waals surface area contributed by atoms with E-state index >= 15 is 0 Å². The van der Waals surface area contributed by atoms with Gasteiger partial charge in [-0.05, 0) is 53.0 Å². The van der Waals surface area contributed by atoms with Gasteiger partial charge in [0.05, 0.1) is 12.0 Å². The standard InChI is InChI=1S/C23H39N5O.HI/c1-6-24-21(29)23(4,5)17-26-22(25-7-2)27-20-13-15-28(16-14-20)18(3)19-11-9-8-10-12-19;/h8-12,18,20H,6-7,13-17H2,1-5H3,(H,24,29)(H2,25,26,27);1H. The fourth-order valence-corrected chi connectivity index (χ4v) is 3.64. The molecule has 170 valence electrons. The lowest BCUT2D eigenvalue weighted by Crippen LogP contribution is -2.49. The monoisotopic (exact) mass is 529 g/mol. The molecule has 1 aromatic carbocycles. The van der Waals surface area contributed by atoms with E-state index in [1.54, 1.807) is 0 Å². The first-order valence-electron chi connectivity index (χ1n) is 11.0. The van der Waals surface area contributed by atoms with Gasteiger partial charge in [-0.2, -0.15) is 0 Å². The predicted octanol–water partition coefficient (Wildman–Crippen LogP) is 3.55. The molecule has 3 N–H and O–H groups in total. The number of carbonyl (C=O) groups excluding carboxylic acids is 1. The number of benzene rings is 1. The summed E-state index contributed by atoms with van der Waals surface area (Å²) in [6.45, 7) is 14.2. The van der Waals surface area contributed by atoms with E-state index in [9.17, 15) is 4.79 Å². The van der Waals surface area contributed by atoms with Crippen molar-refractivity contribution in [2.24, 2.45) is 10.4 Å². The second-order valence-corrected chi connectivity index (χ2v) is 8.48. The molecule has 6 nitrogen and oxygen atoms in total. The molecule has 0 bridgehead atoms. The van der Waals surface area contributed by atoms with Crippen LogP contribution in [0.2, 0.25) is 0 Å². The van der Waals surface area contributed by atoms with Crippen LogP contribution in [0.5, 0.6) is 0 Å². The Morgan fingerprint density at radius 3 is 2.30 bits per heavy atom. The van der Waals surface area contributed by atoms with E-state index in [1.807, 2.05) is 20.8 Å². The molecule has 1 unspecified atom stereocenters. The molecule has 1 fully saturated rings. The summed E-state index contributed by atoms with van der Waals surface area (Å²) in [4.78, 5) is 19.5. The third-order valence-corrected chi connectivity index (χ3v) is 5.63. The number of guanidine groups is 1. The lowest BCUT2D eigenvalue weighted by Gasteiger charge is -2.37. The van der Waals surface area contributed by atoms with Crippen molar-refractivity contribution in [1.29, 1.82) is 0 Å². The van der Waals surface area contributed by atoms with Crippen LogP contribution in [0, 0.1) is 5.41 Å². The molecule has 0 spiro atoms. The number of halogens is 1. The van der Waals surface area contributed by atoms with Crippen LogP contribution in [0.3, 0.4) is 0 Å². The highest BCUT2D eigenvalue weighted by Crippen LogP contribution is 2.24. The normalized spacial score (nSPS) is 17.0. The zero-order chi connectivity index (χ0) is 21.3. The summed E-state index contributed by atoms with van der Waals surface area (Å²) < 4.78 is 0. The van der Waals surface area contributed by atoms with E-state index in [-0.39, 0.29) is 29.9 Å². The highest BCUT2D eigenvalue weighted by Gasteiger charge is 2.28. The molecule has 0 saturated carbocycles. The Hall–Kier alpha value is -1.35. The number of rotatable bonds is 8. The molecule has 2 rings (SSSR count). The van der Waals surface area contributed by atoms with E-state index in [0.29, 0.717) is 25.2 Å². The molecule has 0 aromatic heterocycles. The molecular formula is C23H40IN5O. The molecule has 1 amide bonds. The third-order valence-electron chi connectivity index (χ3n) is 5.63. The summed E-state index contributed by atoms with van der Waals surface area (Å²) in [5, 5.41) is 9.80. The highest BCUT2D eigenvalue weighted by atomic mass is 127. The van der Waals surface area contributed by atoms with Crippen molar-refractivity contribution in [2.45, 2.75) is 59.5 Å². The summed E-state index contributed by atoms with van der Waals surface area (Å²) in [5.74, 6) is 0.849. The highest BCUT2D eigenvalue weighted by molar-refractivity contribution is 14.0. The first-order valence-corrected chi connectivity index (χ1v) is 11.0. The second kappa shape index (κ2) is 13.1. The Labute approximate surface area is 199 Å². The van der Waals surface area contributed by atoms with Crippen LogP contribution in [0.1, 0.15) is 59.1 Å². The first-order chi connectivity index (χ1) is 13.9. The summed E-state index contributed by atoms with van der Waals surface area (Å²) in [7, 11) is 0. The van der Waals surface area contributed by atoms with Gasteiger partial charge in [-0.15, -0.1) is 24.0 Å². The Kier molecular flexibility index (Phi) is 11.7. The maximum Gasteiger partial charge on any atom is 0.227 e. The van der Waals surface area contributed by atoms with Crippen LogP contribution in [0.25, 0.3) is 0 Å². The van der Waals surface area contributed by atoms with Gasteiger partial charge in [0.2, 0.25) is 5.91 Å². The fraction of sp³-hybridized carbons (Fsp3) is 0.652. The molecule has 0 aliphatic carbocycles. The van der Waals surface area contributed by atoms with E-state index < -0.39 is 5.41 Å². The van der Waals surface area contributed by atoms with Crippen molar-refractivity contribution in [2.75, 3.05) is 32.7 Å². The van der Waals surface area contributed by atoms with Gasteiger partial charge >= 0.3 is 0 Å². The molecule has 1 aliphatic rings. The van der Waals surface area contributed by atoms with Crippen molar-refractivity contribution in [3.8, 4) is 0 Å². The number of nitrogens with zero attached hydrogens (tertiary/aromatic N) is 2.